The molecule has 204 valence electrons. The van der Waals surface area contributed by atoms with E-state index in [-0.39, 0.29) is 30.8 Å². The van der Waals surface area contributed by atoms with E-state index in [9.17, 15) is 19.8 Å². The van der Waals surface area contributed by atoms with Gasteiger partial charge >= 0.3 is 20.3 Å². The zero-order valence-electron chi connectivity index (χ0n) is 22.0. The van der Waals surface area contributed by atoms with Gasteiger partial charge < -0.3 is 19.5 Å². The summed E-state index contributed by atoms with van der Waals surface area (Å²) in [4.78, 5) is 26.1. The van der Waals surface area contributed by atoms with Crippen LogP contribution in [0.15, 0.2) is 21.9 Å². The molecule has 2 aliphatic rings. The van der Waals surface area contributed by atoms with Gasteiger partial charge in [0.2, 0.25) is 0 Å². The smallest absolute Gasteiger partial charge is 0.402 e. The summed E-state index contributed by atoms with van der Waals surface area (Å²) in [7, 11) is -2.32. The zero-order chi connectivity index (χ0) is 27.5. The second-order valence-corrected chi connectivity index (χ2v) is 12.6. The molecule has 0 spiro atoms. The van der Waals surface area contributed by atoms with Gasteiger partial charge in [-0.05, 0) is 42.2 Å². The summed E-state index contributed by atoms with van der Waals surface area (Å²) in [6, 6.07) is 1.78. The molecule has 12 heteroatoms. The number of nitrogens with zero attached hydrogens (tertiary/aromatic N) is 1. The van der Waals surface area contributed by atoms with E-state index in [2.05, 4.69) is 4.98 Å². The van der Waals surface area contributed by atoms with Crippen molar-refractivity contribution in [2.45, 2.75) is 97.0 Å². The summed E-state index contributed by atoms with van der Waals surface area (Å²) in [6.07, 6.45) is -0.323. The number of aromatic nitrogens is 2. The molecule has 0 bridgehead atoms. The normalized spacial score (nSPS) is 22.6. The molecule has 0 saturated carbocycles. The first-order chi connectivity index (χ1) is 17.0. The number of rotatable bonds is 4. The number of H-pyrrole nitrogens is 1. The maximum Gasteiger partial charge on any atom is 0.402 e. The lowest BCUT2D eigenvalue weighted by Gasteiger charge is -2.35. The Hall–Kier alpha value is -2.14. The van der Waals surface area contributed by atoms with E-state index < -0.39 is 54.8 Å². The number of halogens is 1. The summed E-state index contributed by atoms with van der Waals surface area (Å²) in [5.41, 5.74) is -0.188. The molecular weight excluding hydrogens is 506 g/mol. The molecule has 3 atom stereocenters. The van der Waals surface area contributed by atoms with Gasteiger partial charge in [-0.3, -0.25) is 18.9 Å². The minimum Gasteiger partial charge on any atom is -0.426 e. The third-order valence-electron chi connectivity index (χ3n) is 6.49. The van der Waals surface area contributed by atoms with Crippen LogP contribution in [0.2, 0.25) is 0 Å². The largest absolute Gasteiger partial charge is 0.426 e. The molecule has 1 fully saturated rings. The second-order valence-electron chi connectivity index (χ2n) is 11.6. The van der Waals surface area contributed by atoms with Gasteiger partial charge in [0.1, 0.15) is 23.9 Å². The first-order valence-electron chi connectivity index (χ1n) is 12.1. The van der Waals surface area contributed by atoms with Crippen LogP contribution >= 0.6 is 8.60 Å². The lowest BCUT2D eigenvalue weighted by atomic mass is 9.78. The van der Waals surface area contributed by atoms with Gasteiger partial charge in [0.15, 0.2) is 0 Å². The number of nitrogens with one attached hydrogen (secondary N) is 1. The van der Waals surface area contributed by atoms with Crippen LogP contribution in [0.1, 0.15) is 82.9 Å². The molecule has 0 amide bonds. The van der Waals surface area contributed by atoms with E-state index in [1.807, 2.05) is 41.5 Å². The second kappa shape index (κ2) is 9.55. The number of hydrogen-bond acceptors (Lipinski definition) is 8. The molecule has 0 aliphatic carbocycles. The number of aliphatic hydroxyl groups is 2. The SMILES string of the molecule is Cc1cn(C2CCC(C(O)(O)OP3OCc4c(F)c(C(C)(C)C)cc(C(C)(C)C)c4O3)O2)c(=O)[nH]c1=O. The van der Waals surface area contributed by atoms with Crippen LogP contribution in [-0.2, 0) is 31.2 Å². The maximum absolute atomic E-state index is 15.5. The van der Waals surface area contributed by atoms with Gasteiger partial charge in [-0.2, -0.15) is 0 Å². The highest BCUT2D eigenvalue weighted by atomic mass is 31.2. The van der Waals surface area contributed by atoms with E-state index in [1.54, 1.807) is 13.0 Å². The fraction of sp³-hybridized carbons (Fsp3) is 0.600. The number of aromatic amines is 1. The Balaban J connectivity index is 1.55. The lowest BCUT2D eigenvalue weighted by molar-refractivity contribution is -0.346. The van der Waals surface area contributed by atoms with Crippen LogP contribution in [0, 0.1) is 12.7 Å². The number of ether oxygens (including phenoxy) is 1. The zero-order valence-corrected chi connectivity index (χ0v) is 22.9. The van der Waals surface area contributed by atoms with E-state index in [0.717, 1.165) is 5.56 Å². The number of fused-ring (bicyclic) bond motifs is 1. The van der Waals surface area contributed by atoms with Crippen LogP contribution in [0.5, 0.6) is 5.75 Å². The van der Waals surface area contributed by atoms with Crippen LogP contribution in [0.4, 0.5) is 4.39 Å². The van der Waals surface area contributed by atoms with Gasteiger partial charge in [0.05, 0.1) is 12.2 Å². The Morgan fingerprint density at radius 3 is 2.38 bits per heavy atom. The van der Waals surface area contributed by atoms with Crippen LogP contribution < -0.4 is 15.8 Å². The van der Waals surface area contributed by atoms with E-state index in [1.165, 1.54) is 10.8 Å². The van der Waals surface area contributed by atoms with E-state index in [0.29, 0.717) is 11.1 Å². The highest BCUT2D eigenvalue weighted by molar-refractivity contribution is 7.42. The topological polar surface area (TPSA) is 132 Å². The quantitative estimate of drug-likeness (QED) is 0.395. The molecule has 3 heterocycles. The van der Waals surface area contributed by atoms with E-state index >= 15 is 4.39 Å². The summed E-state index contributed by atoms with van der Waals surface area (Å²) in [5, 5.41) is 21.5. The number of hydrogen-bond donors (Lipinski definition) is 3. The maximum atomic E-state index is 15.5. The van der Waals surface area contributed by atoms with Crippen molar-refractivity contribution in [3.63, 3.8) is 0 Å². The molecule has 3 N–H and O–H groups in total. The molecule has 10 nitrogen and oxygen atoms in total. The lowest BCUT2D eigenvalue weighted by Crippen LogP contribution is -2.44. The molecule has 2 aromatic rings. The fourth-order valence-corrected chi connectivity index (χ4v) is 5.44. The third kappa shape index (κ3) is 5.53. The standard InChI is InChI=1S/C25H34FN2O8P/c1-13-11-28(22(30)27-21(13)29)18-9-8-17(34-18)25(31,32)36-37-33-12-14-19(26)15(23(2,3)4)10-16(20(14)35-37)24(5,6)7/h10-11,17-18,31-32H,8-9,12H2,1-7H3,(H,27,29,30). The predicted molar refractivity (Wildman–Crippen MR) is 134 cm³/mol. The van der Waals surface area contributed by atoms with Gasteiger partial charge in [-0.1, -0.05) is 41.5 Å². The Bertz CT molecular complexity index is 1310. The van der Waals surface area contributed by atoms with Crippen molar-refractivity contribution in [1.82, 2.24) is 9.55 Å². The Morgan fingerprint density at radius 1 is 1.11 bits per heavy atom. The first kappa shape index (κ1) is 27.9. The number of aryl methyl sites for hydroxylation is 1. The van der Waals surface area contributed by atoms with Gasteiger partial charge in [-0.15, -0.1) is 0 Å². The molecular formula is C25H34FN2O8P. The summed E-state index contributed by atoms with van der Waals surface area (Å²) >= 11 is 0. The van der Waals surface area contributed by atoms with Crippen molar-refractivity contribution in [3.8, 4) is 5.75 Å². The minimum atomic E-state index is -2.81. The molecule has 37 heavy (non-hydrogen) atoms. The summed E-state index contributed by atoms with van der Waals surface area (Å²) in [6.45, 7) is 13.1. The van der Waals surface area contributed by atoms with E-state index in [4.69, 9.17) is 18.3 Å². The van der Waals surface area contributed by atoms with Crippen molar-refractivity contribution >= 4 is 8.60 Å². The average Bonchev–Trinajstić information content (AvgIpc) is 3.25. The fourth-order valence-electron chi connectivity index (χ4n) is 4.37. The Labute approximate surface area is 215 Å². The van der Waals surface area contributed by atoms with Crippen molar-refractivity contribution in [3.05, 3.63) is 61.2 Å². The van der Waals surface area contributed by atoms with Gasteiger partial charge in [0, 0.05) is 17.3 Å². The van der Waals surface area contributed by atoms with Crippen molar-refractivity contribution in [2.24, 2.45) is 0 Å². The highest BCUT2D eigenvalue weighted by Crippen LogP contribution is 2.54. The summed E-state index contributed by atoms with van der Waals surface area (Å²) in [5.74, 6) is -2.97. The van der Waals surface area contributed by atoms with Crippen molar-refractivity contribution < 1.29 is 32.9 Å². The Morgan fingerprint density at radius 2 is 1.76 bits per heavy atom. The monoisotopic (exact) mass is 540 g/mol. The van der Waals surface area contributed by atoms with Crippen LogP contribution in [-0.4, -0.2) is 31.8 Å². The Kier molecular flexibility index (Phi) is 7.20. The third-order valence-corrected chi connectivity index (χ3v) is 7.58. The highest BCUT2D eigenvalue weighted by Gasteiger charge is 2.48. The number of benzene rings is 1. The molecule has 2 aliphatic heterocycles. The summed E-state index contributed by atoms with van der Waals surface area (Å²) < 4.78 is 39.3. The first-order valence-corrected chi connectivity index (χ1v) is 13.2. The van der Waals surface area contributed by atoms with Gasteiger partial charge in [-0.25, -0.2) is 13.7 Å². The minimum absolute atomic E-state index is 0.138. The van der Waals surface area contributed by atoms with Crippen LogP contribution in [0.3, 0.4) is 0 Å². The molecule has 3 unspecified atom stereocenters. The van der Waals surface area contributed by atoms with Gasteiger partial charge in [0.25, 0.3) is 5.56 Å². The molecule has 4 rings (SSSR count). The van der Waals surface area contributed by atoms with Crippen LogP contribution in [0.25, 0.3) is 0 Å². The van der Waals surface area contributed by atoms with Crippen molar-refractivity contribution in [2.75, 3.05) is 0 Å². The molecule has 1 aromatic carbocycles. The van der Waals surface area contributed by atoms with Crippen molar-refractivity contribution in [1.29, 1.82) is 0 Å². The molecule has 0 radical (unpaired) electrons. The molecule has 1 aromatic heterocycles. The molecule has 1 saturated heterocycles. The average molecular weight is 541 g/mol. The predicted octanol–water partition coefficient (Wildman–Crippen LogP) is 3.75.